The zero-order valence-electron chi connectivity index (χ0n) is 13.5. The molecule has 6 heteroatoms. The van der Waals surface area contributed by atoms with E-state index in [-0.39, 0.29) is 18.2 Å². The maximum atomic E-state index is 12.9. The van der Waals surface area contributed by atoms with Crippen molar-refractivity contribution in [3.63, 3.8) is 0 Å². The van der Waals surface area contributed by atoms with Crippen LogP contribution in [0.4, 0.5) is 0 Å². The summed E-state index contributed by atoms with van der Waals surface area (Å²) in [5.41, 5.74) is 1.34. The molecule has 1 aromatic carbocycles. The van der Waals surface area contributed by atoms with E-state index in [1.54, 1.807) is 11.0 Å². The lowest BCUT2D eigenvalue weighted by atomic mass is 9.93. The molecule has 3 rings (SSSR count). The zero-order chi connectivity index (χ0) is 17.3. The Morgan fingerprint density at radius 1 is 1.42 bits per heavy atom. The highest BCUT2D eigenvalue weighted by Crippen LogP contribution is 2.32. The number of aryl methyl sites for hydroxylation is 1. The molecule has 0 bridgehead atoms. The van der Waals surface area contributed by atoms with E-state index in [9.17, 15) is 9.59 Å². The average molecular weight is 350 g/mol. The Morgan fingerprint density at radius 3 is 2.92 bits per heavy atom. The lowest BCUT2D eigenvalue weighted by molar-refractivity contribution is -0.137. The first kappa shape index (κ1) is 16.8. The maximum absolute atomic E-state index is 12.9. The van der Waals surface area contributed by atoms with Crippen LogP contribution in [0.2, 0.25) is 5.02 Å². The van der Waals surface area contributed by atoms with Crippen molar-refractivity contribution in [2.24, 2.45) is 5.92 Å². The van der Waals surface area contributed by atoms with Crippen LogP contribution in [-0.2, 0) is 4.79 Å². The number of para-hydroxylation sites is 1. The number of likely N-dealkylation sites (tertiary alicyclic amines) is 1. The number of rotatable bonds is 4. The number of aliphatic carboxylic acids is 1. The van der Waals surface area contributed by atoms with Crippen LogP contribution in [0.3, 0.4) is 0 Å². The minimum atomic E-state index is -0.791. The molecule has 0 aliphatic carbocycles. The summed E-state index contributed by atoms with van der Waals surface area (Å²) in [4.78, 5) is 25.4. The smallest absolute Gasteiger partial charge is 0.303 e. The van der Waals surface area contributed by atoms with Gasteiger partial charge >= 0.3 is 5.97 Å². The summed E-state index contributed by atoms with van der Waals surface area (Å²) < 4.78 is 5.76. The summed E-state index contributed by atoms with van der Waals surface area (Å²) in [6, 6.07) is 5.47. The number of carbonyl (C=O) groups excluding carboxylic acids is 1. The summed E-state index contributed by atoms with van der Waals surface area (Å²) in [5.74, 6) is -0.370. The largest absolute Gasteiger partial charge is 0.481 e. The van der Waals surface area contributed by atoms with Crippen molar-refractivity contribution in [3.8, 4) is 0 Å². The summed E-state index contributed by atoms with van der Waals surface area (Å²) >= 11 is 6.15. The Morgan fingerprint density at radius 2 is 2.21 bits per heavy atom. The number of amides is 1. The van der Waals surface area contributed by atoms with Crippen LogP contribution in [-0.4, -0.2) is 35.0 Å². The van der Waals surface area contributed by atoms with Gasteiger partial charge in [-0.1, -0.05) is 23.7 Å². The van der Waals surface area contributed by atoms with E-state index in [0.29, 0.717) is 35.9 Å². The molecule has 1 fully saturated rings. The van der Waals surface area contributed by atoms with Crippen molar-refractivity contribution in [3.05, 3.63) is 34.5 Å². The SMILES string of the molecule is Cc1c(C(=O)N2CCCC(CCC(=O)O)C2)oc2c(Cl)cccc12. The van der Waals surface area contributed by atoms with Crippen molar-refractivity contribution in [1.29, 1.82) is 0 Å². The second-order valence-corrected chi connectivity index (χ2v) is 6.77. The van der Waals surface area contributed by atoms with Gasteiger partial charge in [-0.05, 0) is 38.2 Å². The fourth-order valence-electron chi connectivity index (χ4n) is 3.37. The molecular weight excluding hydrogens is 330 g/mol. The molecule has 2 aromatic rings. The molecule has 5 nitrogen and oxygen atoms in total. The fourth-order valence-corrected chi connectivity index (χ4v) is 3.58. The van der Waals surface area contributed by atoms with Crippen LogP contribution in [0.25, 0.3) is 11.0 Å². The molecule has 1 aromatic heterocycles. The minimum absolute atomic E-state index is 0.139. The van der Waals surface area contributed by atoms with Gasteiger partial charge in [-0.2, -0.15) is 0 Å². The molecule has 1 atom stereocenters. The number of carbonyl (C=O) groups is 2. The fraction of sp³-hybridized carbons (Fsp3) is 0.444. The quantitative estimate of drug-likeness (QED) is 0.901. The Labute approximate surface area is 145 Å². The molecule has 1 amide bonds. The number of carboxylic acid groups (broad SMARTS) is 1. The first-order valence-electron chi connectivity index (χ1n) is 8.16. The zero-order valence-corrected chi connectivity index (χ0v) is 14.3. The number of benzene rings is 1. The monoisotopic (exact) mass is 349 g/mol. The van der Waals surface area contributed by atoms with Gasteiger partial charge in [0, 0.05) is 30.5 Å². The summed E-state index contributed by atoms with van der Waals surface area (Å²) in [6.07, 6.45) is 2.59. The molecule has 1 aliphatic rings. The van der Waals surface area contributed by atoms with Gasteiger partial charge in [0.05, 0.1) is 5.02 Å². The normalized spacial score (nSPS) is 18.1. The third-order valence-electron chi connectivity index (χ3n) is 4.68. The van der Waals surface area contributed by atoms with Gasteiger partial charge in [0.1, 0.15) is 0 Å². The number of nitrogens with zero attached hydrogens (tertiary/aromatic N) is 1. The van der Waals surface area contributed by atoms with E-state index in [1.807, 2.05) is 19.1 Å². The Hall–Kier alpha value is -2.01. The first-order chi connectivity index (χ1) is 11.5. The number of hydrogen-bond acceptors (Lipinski definition) is 3. The van der Waals surface area contributed by atoms with Crippen molar-refractivity contribution in [2.45, 2.75) is 32.6 Å². The van der Waals surface area contributed by atoms with E-state index < -0.39 is 5.97 Å². The maximum Gasteiger partial charge on any atom is 0.303 e. The molecule has 1 N–H and O–H groups in total. The van der Waals surface area contributed by atoms with Crippen LogP contribution in [0.5, 0.6) is 0 Å². The van der Waals surface area contributed by atoms with Gasteiger partial charge in [-0.25, -0.2) is 0 Å². The van der Waals surface area contributed by atoms with Crippen molar-refractivity contribution in [1.82, 2.24) is 4.90 Å². The highest BCUT2D eigenvalue weighted by molar-refractivity contribution is 6.35. The van der Waals surface area contributed by atoms with E-state index in [2.05, 4.69) is 0 Å². The van der Waals surface area contributed by atoms with Crippen molar-refractivity contribution in [2.75, 3.05) is 13.1 Å². The topological polar surface area (TPSA) is 70.8 Å². The van der Waals surface area contributed by atoms with E-state index >= 15 is 0 Å². The summed E-state index contributed by atoms with van der Waals surface area (Å²) in [7, 11) is 0. The van der Waals surface area contributed by atoms with Gasteiger partial charge in [0.25, 0.3) is 5.91 Å². The van der Waals surface area contributed by atoms with Crippen LogP contribution in [0.1, 0.15) is 41.8 Å². The van der Waals surface area contributed by atoms with Gasteiger partial charge in [-0.15, -0.1) is 0 Å². The lowest BCUT2D eigenvalue weighted by Crippen LogP contribution is -2.40. The Kier molecular flexibility index (Phi) is 4.81. The van der Waals surface area contributed by atoms with Gasteiger partial charge < -0.3 is 14.4 Å². The molecule has 0 spiro atoms. The van der Waals surface area contributed by atoms with Crippen LogP contribution >= 0.6 is 11.6 Å². The van der Waals surface area contributed by atoms with Gasteiger partial charge in [-0.3, -0.25) is 9.59 Å². The molecule has 24 heavy (non-hydrogen) atoms. The number of halogens is 1. The molecule has 1 unspecified atom stereocenters. The van der Waals surface area contributed by atoms with Crippen LogP contribution < -0.4 is 0 Å². The van der Waals surface area contributed by atoms with E-state index in [0.717, 1.165) is 23.8 Å². The van der Waals surface area contributed by atoms with Gasteiger partial charge in [0.15, 0.2) is 11.3 Å². The second kappa shape index (κ2) is 6.85. The third-order valence-corrected chi connectivity index (χ3v) is 4.98. The third kappa shape index (κ3) is 3.26. The second-order valence-electron chi connectivity index (χ2n) is 6.36. The number of hydrogen-bond donors (Lipinski definition) is 1. The van der Waals surface area contributed by atoms with Crippen molar-refractivity contribution < 1.29 is 19.1 Å². The molecule has 128 valence electrons. The lowest BCUT2D eigenvalue weighted by Gasteiger charge is -2.32. The molecule has 0 radical (unpaired) electrons. The van der Waals surface area contributed by atoms with Crippen LogP contribution in [0.15, 0.2) is 22.6 Å². The standard InChI is InChI=1S/C18H20ClNO4/c1-11-13-5-2-6-14(19)17(13)24-16(11)18(23)20-9-3-4-12(10-20)7-8-15(21)22/h2,5-6,12H,3-4,7-10H2,1H3,(H,21,22). The first-order valence-corrected chi connectivity index (χ1v) is 8.54. The van der Waals surface area contributed by atoms with Crippen LogP contribution in [0, 0.1) is 12.8 Å². The predicted molar refractivity (Wildman–Crippen MR) is 91.5 cm³/mol. The summed E-state index contributed by atoms with van der Waals surface area (Å²) in [6.45, 7) is 3.12. The minimum Gasteiger partial charge on any atom is -0.481 e. The number of carboxylic acids is 1. The van der Waals surface area contributed by atoms with E-state index in [1.165, 1.54) is 0 Å². The summed E-state index contributed by atoms with van der Waals surface area (Å²) in [5, 5.41) is 10.2. The molecule has 0 saturated carbocycles. The molecular formula is C18H20ClNO4. The Bertz CT molecular complexity index is 783. The van der Waals surface area contributed by atoms with Gasteiger partial charge in [0.2, 0.25) is 0 Å². The van der Waals surface area contributed by atoms with E-state index in [4.69, 9.17) is 21.1 Å². The number of fused-ring (bicyclic) bond motifs is 1. The predicted octanol–water partition coefficient (Wildman–Crippen LogP) is 4.11. The molecule has 2 heterocycles. The highest BCUT2D eigenvalue weighted by Gasteiger charge is 2.28. The molecule has 1 aliphatic heterocycles. The number of piperidine rings is 1. The Balaban J connectivity index is 1.80. The number of furan rings is 1. The molecule has 1 saturated heterocycles. The van der Waals surface area contributed by atoms with Crippen molar-refractivity contribution >= 4 is 34.4 Å². The highest BCUT2D eigenvalue weighted by atomic mass is 35.5. The average Bonchev–Trinajstić information content (AvgIpc) is 2.91.